The number of carbonyl (C=O) groups is 1. The molecule has 23 heavy (non-hydrogen) atoms. The monoisotopic (exact) mass is 324 g/mol. The first-order valence-corrected chi connectivity index (χ1v) is 9.36. The summed E-state index contributed by atoms with van der Waals surface area (Å²) >= 11 is 0. The molecule has 1 aliphatic carbocycles. The molecular weight excluding hydrogens is 292 g/mol. The zero-order valence-corrected chi connectivity index (χ0v) is 14.7. The number of rotatable bonds is 4. The van der Waals surface area contributed by atoms with Crippen LogP contribution in [0.5, 0.6) is 0 Å². The Hall–Kier alpha value is -0.650. The lowest BCUT2D eigenvalue weighted by Gasteiger charge is -2.34. The summed E-state index contributed by atoms with van der Waals surface area (Å²) in [7, 11) is 0. The van der Waals surface area contributed by atoms with Gasteiger partial charge in [0.1, 0.15) is 6.61 Å². The van der Waals surface area contributed by atoms with Crippen molar-refractivity contribution in [2.45, 2.75) is 51.7 Å². The number of nitrogens with zero attached hydrogens (tertiary/aromatic N) is 2. The zero-order valence-electron chi connectivity index (χ0n) is 14.7. The standard InChI is InChI=1S/C18H32N2O3/c1-14-5-3-4-6-17(14)23-13-18(21)20-11-15(2)16(12-20)19-7-9-22-10-8-19/h14-17H,3-13H2,1-2H3/t14-,15+,16-,17+/m1/s1. The molecule has 0 aromatic rings. The SMILES string of the molecule is C[C@@H]1CCCC[C@@H]1OCC(=O)N1C[C@@H](N2CCOCC2)[C@@H](C)C1. The van der Waals surface area contributed by atoms with Crippen LogP contribution in [0.4, 0.5) is 0 Å². The van der Waals surface area contributed by atoms with Gasteiger partial charge in [0.2, 0.25) is 5.91 Å². The molecule has 4 atom stereocenters. The predicted octanol–water partition coefficient (Wildman–Crippen LogP) is 1.76. The smallest absolute Gasteiger partial charge is 0.248 e. The minimum atomic E-state index is 0.172. The minimum absolute atomic E-state index is 0.172. The Bertz CT molecular complexity index is 398. The first-order valence-electron chi connectivity index (χ1n) is 9.36. The highest BCUT2D eigenvalue weighted by molar-refractivity contribution is 5.77. The molecule has 0 N–H and O–H groups in total. The summed E-state index contributed by atoms with van der Waals surface area (Å²) in [5, 5.41) is 0. The van der Waals surface area contributed by atoms with Crippen molar-refractivity contribution in [3.63, 3.8) is 0 Å². The average molecular weight is 324 g/mol. The van der Waals surface area contributed by atoms with E-state index in [2.05, 4.69) is 18.7 Å². The molecular formula is C18H32N2O3. The molecule has 2 heterocycles. The van der Waals surface area contributed by atoms with Gasteiger partial charge in [-0.15, -0.1) is 0 Å². The maximum absolute atomic E-state index is 12.5. The summed E-state index contributed by atoms with van der Waals surface area (Å²) in [6.45, 7) is 10.1. The van der Waals surface area contributed by atoms with Gasteiger partial charge in [0.25, 0.3) is 0 Å². The van der Waals surface area contributed by atoms with E-state index in [0.29, 0.717) is 17.9 Å². The van der Waals surface area contributed by atoms with E-state index in [-0.39, 0.29) is 18.6 Å². The number of ether oxygens (including phenoxy) is 2. The van der Waals surface area contributed by atoms with E-state index < -0.39 is 0 Å². The van der Waals surface area contributed by atoms with E-state index >= 15 is 0 Å². The van der Waals surface area contributed by atoms with Crippen LogP contribution in [0.2, 0.25) is 0 Å². The Morgan fingerprint density at radius 1 is 1.09 bits per heavy atom. The second kappa shape index (κ2) is 7.95. The molecule has 3 rings (SSSR count). The topological polar surface area (TPSA) is 42.0 Å². The van der Waals surface area contributed by atoms with Crippen molar-refractivity contribution in [3.05, 3.63) is 0 Å². The molecule has 5 heteroatoms. The molecule has 3 fully saturated rings. The van der Waals surface area contributed by atoms with E-state index in [1.807, 2.05) is 4.90 Å². The maximum atomic E-state index is 12.5. The number of amides is 1. The maximum Gasteiger partial charge on any atom is 0.248 e. The third-order valence-corrected chi connectivity index (χ3v) is 5.89. The molecule has 0 unspecified atom stereocenters. The lowest BCUT2D eigenvalue weighted by molar-refractivity contribution is -0.139. The number of likely N-dealkylation sites (tertiary alicyclic amines) is 1. The van der Waals surface area contributed by atoms with Crippen LogP contribution in [-0.2, 0) is 14.3 Å². The van der Waals surface area contributed by atoms with Crippen LogP contribution >= 0.6 is 0 Å². The van der Waals surface area contributed by atoms with Crippen molar-refractivity contribution in [3.8, 4) is 0 Å². The molecule has 0 aromatic carbocycles. The van der Waals surface area contributed by atoms with Gasteiger partial charge in [0.05, 0.1) is 19.3 Å². The molecule has 2 aliphatic heterocycles. The van der Waals surface area contributed by atoms with Crippen molar-refractivity contribution < 1.29 is 14.3 Å². The fourth-order valence-electron chi connectivity index (χ4n) is 4.34. The first kappa shape index (κ1) is 17.2. The zero-order chi connectivity index (χ0) is 16.2. The summed E-state index contributed by atoms with van der Waals surface area (Å²) in [5.41, 5.74) is 0. The molecule has 0 spiro atoms. The summed E-state index contributed by atoms with van der Waals surface area (Å²) in [6, 6.07) is 0.483. The minimum Gasteiger partial charge on any atom is -0.379 e. The van der Waals surface area contributed by atoms with Gasteiger partial charge in [-0.2, -0.15) is 0 Å². The van der Waals surface area contributed by atoms with Gasteiger partial charge in [0.15, 0.2) is 0 Å². The quantitative estimate of drug-likeness (QED) is 0.790. The van der Waals surface area contributed by atoms with Crippen molar-refractivity contribution in [1.29, 1.82) is 0 Å². The number of carbonyl (C=O) groups excluding carboxylic acids is 1. The Morgan fingerprint density at radius 3 is 2.57 bits per heavy atom. The number of morpholine rings is 1. The van der Waals surface area contributed by atoms with E-state index in [9.17, 15) is 4.79 Å². The van der Waals surface area contributed by atoms with Gasteiger partial charge in [-0.05, 0) is 24.7 Å². The molecule has 132 valence electrons. The summed E-state index contributed by atoms with van der Waals surface area (Å²) < 4.78 is 11.4. The lowest BCUT2D eigenvalue weighted by atomic mass is 9.88. The Labute approximate surface area is 140 Å². The second-order valence-electron chi connectivity index (χ2n) is 7.60. The van der Waals surface area contributed by atoms with Crippen molar-refractivity contribution in [2.24, 2.45) is 11.8 Å². The van der Waals surface area contributed by atoms with Crippen LogP contribution in [0.15, 0.2) is 0 Å². The normalized spacial score (nSPS) is 36.3. The summed E-state index contributed by atoms with van der Waals surface area (Å²) in [6.07, 6.45) is 5.17. The van der Waals surface area contributed by atoms with Crippen LogP contribution in [0.1, 0.15) is 39.5 Å². The Morgan fingerprint density at radius 2 is 1.83 bits per heavy atom. The first-order chi connectivity index (χ1) is 11.1. The van der Waals surface area contributed by atoms with Crippen LogP contribution in [0.3, 0.4) is 0 Å². The Balaban J connectivity index is 1.46. The highest BCUT2D eigenvalue weighted by Crippen LogP contribution is 2.27. The number of hydrogen-bond donors (Lipinski definition) is 0. The molecule has 0 bridgehead atoms. The molecule has 0 radical (unpaired) electrons. The molecule has 1 amide bonds. The van der Waals surface area contributed by atoms with Gasteiger partial charge in [-0.1, -0.05) is 26.7 Å². The summed E-state index contributed by atoms with van der Waals surface area (Å²) in [5.74, 6) is 1.30. The van der Waals surface area contributed by atoms with Gasteiger partial charge >= 0.3 is 0 Å². The molecule has 5 nitrogen and oxygen atoms in total. The third kappa shape index (κ3) is 4.25. The van der Waals surface area contributed by atoms with Crippen LogP contribution in [0, 0.1) is 11.8 Å². The lowest BCUT2D eigenvalue weighted by Crippen LogP contribution is -2.47. The molecule has 3 aliphatic rings. The highest BCUT2D eigenvalue weighted by Gasteiger charge is 2.36. The van der Waals surface area contributed by atoms with E-state index in [1.165, 1.54) is 19.3 Å². The van der Waals surface area contributed by atoms with Crippen molar-refractivity contribution >= 4 is 5.91 Å². The van der Waals surface area contributed by atoms with Crippen LogP contribution in [-0.4, -0.2) is 73.9 Å². The molecule has 0 aromatic heterocycles. The summed E-state index contributed by atoms with van der Waals surface area (Å²) in [4.78, 5) is 17.0. The van der Waals surface area contributed by atoms with E-state index in [0.717, 1.165) is 45.8 Å². The van der Waals surface area contributed by atoms with Crippen LogP contribution in [0.25, 0.3) is 0 Å². The van der Waals surface area contributed by atoms with Crippen LogP contribution < -0.4 is 0 Å². The van der Waals surface area contributed by atoms with Gasteiger partial charge in [0, 0.05) is 32.2 Å². The average Bonchev–Trinajstić information content (AvgIpc) is 2.96. The van der Waals surface area contributed by atoms with Crippen molar-refractivity contribution in [2.75, 3.05) is 46.0 Å². The largest absolute Gasteiger partial charge is 0.379 e. The van der Waals surface area contributed by atoms with Gasteiger partial charge in [-0.3, -0.25) is 9.69 Å². The highest BCUT2D eigenvalue weighted by atomic mass is 16.5. The fraction of sp³-hybridized carbons (Fsp3) is 0.944. The fourth-order valence-corrected chi connectivity index (χ4v) is 4.34. The predicted molar refractivity (Wildman–Crippen MR) is 89.3 cm³/mol. The van der Waals surface area contributed by atoms with Crippen molar-refractivity contribution in [1.82, 2.24) is 9.80 Å². The Kier molecular flexibility index (Phi) is 5.94. The number of hydrogen-bond acceptors (Lipinski definition) is 4. The van der Waals surface area contributed by atoms with E-state index in [4.69, 9.17) is 9.47 Å². The molecule has 1 saturated carbocycles. The third-order valence-electron chi connectivity index (χ3n) is 5.89. The van der Waals surface area contributed by atoms with Gasteiger partial charge < -0.3 is 14.4 Å². The van der Waals surface area contributed by atoms with E-state index in [1.54, 1.807) is 0 Å². The molecule has 2 saturated heterocycles. The second-order valence-corrected chi connectivity index (χ2v) is 7.60. The van der Waals surface area contributed by atoms with Gasteiger partial charge in [-0.25, -0.2) is 0 Å².